The van der Waals surface area contributed by atoms with E-state index in [1.165, 1.54) is 6.33 Å². The molecular weight excluding hydrogens is 480 g/mol. The second-order valence-corrected chi connectivity index (χ2v) is 13.0. The molecule has 3 heterocycles. The lowest BCUT2D eigenvalue weighted by Gasteiger charge is -2.33. The summed E-state index contributed by atoms with van der Waals surface area (Å²) in [5.74, 6) is 1.79. The van der Waals surface area contributed by atoms with Gasteiger partial charge in [-0.25, -0.2) is 23.2 Å². The van der Waals surface area contributed by atoms with Gasteiger partial charge < -0.3 is 19.3 Å². The molecule has 194 valence electrons. The number of hydrogen-bond donors (Lipinski definition) is 0. The molecule has 36 heavy (non-hydrogen) atoms. The summed E-state index contributed by atoms with van der Waals surface area (Å²) in [4.78, 5) is 25.3. The minimum absolute atomic E-state index is 0.0449. The van der Waals surface area contributed by atoms with Crippen LogP contribution in [0.15, 0.2) is 35.5 Å². The molecule has 0 spiro atoms. The zero-order valence-electron chi connectivity index (χ0n) is 21.1. The first-order chi connectivity index (χ1) is 17.1. The van der Waals surface area contributed by atoms with Crippen LogP contribution in [0.4, 0.5) is 16.3 Å². The number of benzene rings is 1. The zero-order chi connectivity index (χ0) is 25.5. The van der Waals surface area contributed by atoms with Crippen LogP contribution in [0.5, 0.6) is 5.88 Å². The molecule has 2 fully saturated rings. The summed E-state index contributed by atoms with van der Waals surface area (Å²) in [5, 5.41) is 0. The third kappa shape index (κ3) is 5.74. The van der Waals surface area contributed by atoms with Crippen molar-refractivity contribution in [1.29, 1.82) is 0 Å². The van der Waals surface area contributed by atoms with E-state index in [0.29, 0.717) is 49.2 Å². The number of amides is 1. The van der Waals surface area contributed by atoms with Gasteiger partial charge in [0.25, 0.3) is 0 Å². The highest BCUT2D eigenvalue weighted by atomic mass is 32.2. The second-order valence-electron chi connectivity index (χ2n) is 10.9. The molecule has 2 aromatic rings. The molecule has 5 rings (SSSR count). The Morgan fingerprint density at radius 3 is 2.50 bits per heavy atom. The summed E-state index contributed by atoms with van der Waals surface area (Å²) >= 11 is 0. The molecule has 10 heteroatoms. The highest BCUT2D eigenvalue weighted by Crippen LogP contribution is 2.37. The van der Waals surface area contributed by atoms with Crippen molar-refractivity contribution in [2.24, 2.45) is 5.92 Å². The molecular formula is C26H34N4O5S. The van der Waals surface area contributed by atoms with Crippen molar-refractivity contribution >= 4 is 27.4 Å². The number of rotatable bonds is 6. The number of hydrogen-bond acceptors (Lipinski definition) is 8. The molecule has 9 nitrogen and oxygen atoms in total. The lowest BCUT2D eigenvalue weighted by Crippen LogP contribution is -2.44. The smallest absolute Gasteiger partial charge is 0.410 e. The maximum Gasteiger partial charge on any atom is 0.410 e. The molecule has 1 aliphatic carbocycles. The fraction of sp³-hybridized carbons (Fsp3) is 0.577. The number of carbonyl (C=O) groups excluding carboxylic acids is 1. The number of likely N-dealkylation sites (tertiary alicyclic amines) is 1. The molecule has 2 aliphatic heterocycles. The number of fused-ring (bicyclic) bond motifs is 1. The van der Waals surface area contributed by atoms with E-state index in [1.54, 1.807) is 11.0 Å². The zero-order valence-corrected chi connectivity index (χ0v) is 22.0. The Hall–Kier alpha value is -2.88. The van der Waals surface area contributed by atoms with Crippen LogP contribution in [0.3, 0.4) is 0 Å². The average molecular weight is 515 g/mol. The van der Waals surface area contributed by atoms with Gasteiger partial charge in [-0.2, -0.15) is 0 Å². The average Bonchev–Trinajstić information content (AvgIpc) is 3.52. The molecule has 0 bridgehead atoms. The topological polar surface area (TPSA) is 102 Å². The molecule has 1 saturated heterocycles. The number of aromatic nitrogens is 2. The van der Waals surface area contributed by atoms with Crippen LogP contribution in [0, 0.1) is 5.92 Å². The lowest BCUT2D eigenvalue weighted by atomic mass is 10.1. The molecule has 1 amide bonds. The van der Waals surface area contributed by atoms with Crippen molar-refractivity contribution in [3.8, 4) is 5.88 Å². The van der Waals surface area contributed by atoms with Crippen molar-refractivity contribution in [2.75, 3.05) is 30.3 Å². The third-order valence-electron chi connectivity index (χ3n) is 6.74. The van der Waals surface area contributed by atoms with Gasteiger partial charge in [-0.1, -0.05) is 0 Å². The van der Waals surface area contributed by atoms with E-state index in [2.05, 4.69) is 14.9 Å². The van der Waals surface area contributed by atoms with E-state index in [1.807, 2.05) is 39.0 Å². The van der Waals surface area contributed by atoms with Gasteiger partial charge in [-0.3, -0.25) is 0 Å². The maximum atomic E-state index is 12.7. The van der Waals surface area contributed by atoms with Crippen molar-refractivity contribution < 1.29 is 22.7 Å². The van der Waals surface area contributed by atoms with Crippen LogP contribution in [0.2, 0.25) is 0 Å². The quantitative estimate of drug-likeness (QED) is 0.567. The SMILES string of the molecule is CC(C)(C)OC(=O)N1CCC(Oc2cc(N3CCc4cc(S(=O)(=O)CC5CC5)ccc43)ncn2)CC1. The molecule has 3 aliphatic rings. The van der Waals surface area contributed by atoms with Crippen molar-refractivity contribution in [3.05, 3.63) is 36.2 Å². The van der Waals surface area contributed by atoms with Crippen LogP contribution in [0.1, 0.15) is 52.0 Å². The van der Waals surface area contributed by atoms with Gasteiger partial charge in [0.15, 0.2) is 9.84 Å². The van der Waals surface area contributed by atoms with Gasteiger partial charge in [0.05, 0.1) is 10.6 Å². The summed E-state index contributed by atoms with van der Waals surface area (Å²) in [6, 6.07) is 7.25. The summed E-state index contributed by atoms with van der Waals surface area (Å²) in [6.45, 7) is 7.45. The third-order valence-corrected chi connectivity index (χ3v) is 8.63. The Balaban J connectivity index is 1.22. The largest absolute Gasteiger partial charge is 0.474 e. The van der Waals surface area contributed by atoms with Crippen molar-refractivity contribution in [2.45, 2.75) is 69.5 Å². The Morgan fingerprint density at radius 1 is 1.06 bits per heavy atom. The van der Waals surface area contributed by atoms with Gasteiger partial charge in [0, 0.05) is 44.2 Å². The van der Waals surface area contributed by atoms with Gasteiger partial charge in [-0.05, 0) is 69.7 Å². The summed E-state index contributed by atoms with van der Waals surface area (Å²) in [7, 11) is -3.24. The minimum Gasteiger partial charge on any atom is -0.474 e. The number of piperidine rings is 1. The van der Waals surface area contributed by atoms with Gasteiger partial charge in [0.2, 0.25) is 5.88 Å². The highest BCUT2D eigenvalue weighted by molar-refractivity contribution is 7.91. The van der Waals surface area contributed by atoms with E-state index >= 15 is 0 Å². The van der Waals surface area contributed by atoms with E-state index in [0.717, 1.165) is 36.3 Å². The highest BCUT2D eigenvalue weighted by Gasteiger charge is 2.31. The van der Waals surface area contributed by atoms with E-state index in [9.17, 15) is 13.2 Å². The van der Waals surface area contributed by atoms with Gasteiger partial charge >= 0.3 is 6.09 Å². The van der Waals surface area contributed by atoms with Gasteiger partial charge in [0.1, 0.15) is 23.9 Å². The summed E-state index contributed by atoms with van der Waals surface area (Å²) < 4.78 is 37.0. The number of anilines is 2. The molecule has 1 saturated carbocycles. The fourth-order valence-electron chi connectivity index (χ4n) is 4.70. The van der Waals surface area contributed by atoms with Crippen LogP contribution in [-0.2, 0) is 21.0 Å². The number of nitrogens with zero attached hydrogens (tertiary/aromatic N) is 4. The maximum absolute atomic E-state index is 12.7. The first-order valence-electron chi connectivity index (χ1n) is 12.7. The number of sulfone groups is 1. The van der Waals surface area contributed by atoms with Crippen LogP contribution < -0.4 is 9.64 Å². The van der Waals surface area contributed by atoms with E-state index in [-0.39, 0.29) is 18.0 Å². The van der Waals surface area contributed by atoms with E-state index < -0.39 is 15.4 Å². The first-order valence-corrected chi connectivity index (χ1v) is 14.3. The van der Waals surface area contributed by atoms with Gasteiger partial charge in [-0.15, -0.1) is 0 Å². The first kappa shape index (κ1) is 24.8. The monoisotopic (exact) mass is 514 g/mol. The predicted molar refractivity (Wildman–Crippen MR) is 135 cm³/mol. The molecule has 0 N–H and O–H groups in total. The molecule has 1 aromatic carbocycles. The van der Waals surface area contributed by atoms with Crippen molar-refractivity contribution in [3.63, 3.8) is 0 Å². The molecule has 0 unspecified atom stereocenters. The Bertz CT molecular complexity index is 1230. The number of carbonyl (C=O) groups is 1. The Labute approximate surface area is 212 Å². The standard InChI is InChI=1S/C26H34N4O5S/c1-26(2,3)35-25(31)29-11-9-20(10-12-29)34-24-15-23(27-17-28-24)30-13-8-19-14-21(6-7-22(19)30)36(32,33)16-18-4-5-18/h6-7,14-15,17-18,20H,4-5,8-13,16H2,1-3H3. The lowest BCUT2D eigenvalue weighted by molar-refractivity contribution is 0.0123. The fourth-order valence-corrected chi connectivity index (χ4v) is 6.44. The Kier molecular flexibility index (Phi) is 6.57. The van der Waals surface area contributed by atoms with E-state index in [4.69, 9.17) is 9.47 Å². The Morgan fingerprint density at radius 2 is 1.81 bits per heavy atom. The molecule has 0 atom stereocenters. The predicted octanol–water partition coefficient (Wildman–Crippen LogP) is 4.13. The van der Waals surface area contributed by atoms with Crippen molar-refractivity contribution in [1.82, 2.24) is 14.9 Å². The summed E-state index contributed by atoms with van der Waals surface area (Å²) in [6.07, 6.45) is 5.33. The molecule has 1 aromatic heterocycles. The second kappa shape index (κ2) is 9.53. The summed E-state index contributed by atoms with van der Waals surface area (Å²) in [5.41, 5.74) is 1.47. The molecule has 0 radical (unpaired) electrons. The normalized spacial score (nSPS) is 18.8. The number of ether oxygens (including phenoxy) is 2. The minimum atomic E-state index is -3.24. The van der Waals surface area contributed by atoms with Crippen LogP contribution in [-0.4, -0.2) is 66.5 Å². The van der Waals surface area contributed by atoms with Crippen LogP contribution in [0.25, 0.3) is 0 Å². The van der Waals surface area contributed by atoms with Crippen LogP contribution >= 0.6 is 0 Å².